The molecule has 0 atom stereocenters. The fourth-order valence-corrected chi connectivity index (χ4v) is 3.41. The second kappa shape index (κ2) is 9.18. The van der Waals surface area contributed by atoms with E-state index in [1.807, 2.05) is 28.8 Å². The number of carbonyl (C=O) groups is 2. The molecule has 0 fully saturated rings. The number of ketones is 1. The molecule has 2 heterocycles. The van der Waals surface area contributed by atoms with E-state index in [0.717, 1.165) is 16.5 Å². The van der Waals surface area contributed by atoms with Crippen molar-refractivity contribution in [2.75, 3.05) is 19.8 Å². The fourth-order valence-electron chi connectivity index (χ4n) is 3.41. The number of Topliss-reactive ketones (excluding diaryl/α,β-unsaturated/α-hetero) is 1. The van der Waals surface area contributed by atoms with Gasteiger partial charge in [0.15, 0.2) is 18.1 Å². The van der Waals surface area contributed by atoms with Gasteiger partial charge in [-0.05, 0) is 29.8 Å². The Morgan fingerprint density at radius 1 is 1.13 bits per heavy atom. The van der Waals surface area contributed by atoms with Crippen molar-refractivity contribution in [2.24, 2.45) is 0 Å². The molecule has 0 amide bonds. The normalized spacial score (nSPS) is 12.6. The van der Waals surface area contributed by atoms with Gasteiger partial charge in [0.2, 0.25) is 5.78 Å². The van der Waals surface area contributed by atoms with E-state index in [2.05, 4.69) is 6.07 Å². The highest BCUT2D eigenvalue weighted by Gasteiger charge is 2.16. The number of aromatic nitrogens is 1. The van der Waals surface area contributed by atoms with Crippen molar-refractivity contribution in [3.63, 3.8) is 0 Å². The lowest BCUT2D eigenvalue weighted by Crippen LogP contribution is -2.15. The van der Waals surface area contributed by atoms with Gasteiger partial charge in [-0.3, -0.25) is 4.79 Å². The zero-order valence-electron chi connectivity index (χ0n) is 16.7. The minimum absolute atomic E-state index is 0.298. The van der Waals surface area contributed by atoms with Gasteiger partial charge in [-0.25, -0.2) is 4.79 Å². The smallest absolute Gasteiger partial charge is 0.331 e. The number of ether oxygens (including phenoxy) is 3. The standard InChI is InChI=1S/C24H20N2O5/c25-10-3-11-26-15-19(18-4-1-2-5-20(18)26)21(27)16-31-24(28)9-7-17-6-8-22-23(14-17)30-13-12-29-22/h1-2,4-9,14-15H,3,11-13,16H2/b9-7+. The molecule has 2 aromatic carbocycles. The van der Waals surface area contributed by atoms with Crippen LogP contribution in [0.2, 0.25) is 0 Å². The van der Waals surface area contributed by atoms with Gasteiger partial charge in [-0.1, -0.05) is 24.3 Å². The van der Waals surface area contributed by atoms with Gasteiger partial charge < -0.3 is 18.8 Å². The number of aryl methyl sites for hydroxylation is 1. The van der Waals surface area contributed by atoms with Crippen molar-refractivity contribution >= 4 is 28.7 Å². The number of esters is 1. The summed E-state index contributed by atoms with van der Waals surface area (Å²) in [6.45, 7) is 1.12. The molecule has 31 heavy (non-hydrogen) atoms. The molecule has 3 aromatic rings. The van der Waals surface area contributed by atoms with E-state index in [1.165, 1.54) is 6.08 Å². The van der Waals surface area contributed by atoms with Crippen molar-refractivity contribution in [2.45, 2.75) is 13.0 Å². The molecule has 0 aliphatic carbocycles. The molecule has 7 heteroatoms. The maximum atomic E-state index is 12.7. The van der Waals surface area contributed by atoms with Crippen molar-refractivity contribution < 1.29 is 23.8 Å². The first-order chi connectivity index (χ1) is 15.2. The zero-order chi connectivity index (χ0) is 21.6. The first-order valence-corrected chi connectivity index (χ1v) is 9.88. The Labute approximate surface area is 179 Å². The van der Waals surface area contributed by atoms with Crippen LogP contribution < -0.4 is 9.47 Å². The van der Waals surface area contributed by atoms with E-state index in [1.54, 1.807) is 30.5 Å². The van der Waals surface area contributed by atoms with Crippen LogP contribution in [0, 0.1) is 11.3 Å². The lowest BCUT2D eigenvalue weighted by molar-refractivity contribution is -0.136. The highest BCUT2D eigenvalue weighted by atomic mass is 16.6. The average molecular weight is 416 g/mol. The van der Waals surface area contributed by atoms with Crippen molar-refractivity contribution in [1.29, 1.82) is 5.26 Å². The van der Waals surface area contributed by atoms with Gasteiger partial charge in [0.05, 0.1) is 12.5 Å². The SMILES string of the molecule is N#CCCn1cc(C(=O)COC(=O)/C=C/c2ccc3c(c2)OCCO3)c2ccccc21. The van der Waals surface area contributed by atoms with Crippen LogP contribution in [0.15, 0.2) is 54.7 Å². The van der Waals surface area contributed by atoms with Gasteiger partial charge in [-0.15, -0.1) is 0 Å². The highest BCUT2D eigenvalue weighted by Crippen LogP contribution is 2.31. The second-order valence-corrected chi connectivity index (χ2v) is 6.93. The van der Waals surface area contributed by atoms with E-state index >= 15 is 0 Å². The first kappa shape index (κ1) is 20.2. The zero-order valence-corrected chi connectivity index (χ0v) is 16.7. The molecule has 0 saturated heterocycles. The quantitative estimate of drug-likeness (QED) is 0.331. The number of hydrogen-bond donors (Lipinski definition) is 0. The van der Waals surface area contributed by atoms with Crippen LogP contribution in [0.25, 0.3) is 17.0 Å². The summed E-state index contributed by atoms with van der Waals surface area (Å²) in [5.41, 5.74) is 2.09. The summed E-state index contributed by atoms with van der Waals surface area (Å²) in [6, 6.07) is 14.9. The molecule has 1 aliphatic heterocycles. The van der Waals surface area contributed by atoms with Crippen LogP contribution in [-0.2, 0) is 16.1 Å². The van der Waals surface area contributed by atoms with Crippen molar-refractivity contribution in [3.8, 4) is 17.6 Å². The molecule has 1 aliphatic rings. The van der Waals surface area contributed by atoms with Crippen molar-refractivity contribution in [1.82, 2.24) is 4.57 Å². The van der Waals surface area contributed by atoms with E-state index in [4.69, 9.17) is 19.5 Å². The summed E-state index contributed by atoms with van der Waals surface area (Å²) in [4.78, 5) is 24.8. The van der Waals surface area contributed by atoms with Gasteiger partial charge in [0.1, 0.15) is 13.2 Å². The number of carbonyl (C=O) groups excluding carboxylic acids is 2. The number of rotatable bonds is 7. The predicted octanol–water partition coefficient (Wildman–Crippen LogP) is 3.77. The number of benzene rings is 2. The Bertz CT molecular complexity index is 1200. The number of para-hydroxylation sites is 1. The van der Waals surface area contributed by atoms with Crippen LogP contribution in [0.3, 0.4) is 0 Å². The Morgan fingerprint density at radius 3 is 2.77 bits per heavy atom. The lowest BCUT2D eigenvalue weighted by Gasteiger charge is -2.18. The summed E-state index contributed by atoms with van der Waals surface area (Å²) in [5.74, 6) is 0.389. The Morgan fingerprint density at radius 2 is 1.94 bits per heavy atom. The lowest BCUT2D eigenvalue weighted by atomic mass is 10.1. The Balaban J connectivity index is 1.40. The Kier molecular flexibility index (Phi) is 5.99. The molecule has 7 nitrogen and oxygen atoms in total. The molecule has 1 aromatic heterocycles. The van der Waals surface area contributed by atoms with Crippen LogP contribution in [0.4, 0.5) is 0 Å². The number of fused-ring (bicyclic) bond motifs is 2. The number of nitriles is 1. The van der Waals surface area contributed by atoms with Crippen molar-refractivity contribution in [3.05, 3.63) is 65.9 Å². The third-order valence-corrected chi connectivity index (χ3v) is 4.88. The largest absolute Gasteiger partial charge is 0.486 e. The van der Waals surface area contributed by atoms with Gasteiger partial charge in [0.25, 0.3) is 0 Å². The molecule has 0 N–H and O–H groups in total. The summed E-state index contributed by atoms with van der Waals surface area (Å²) >= 11 is 0. The van der Waals surface area contributed by atoms with Crippen LogP contribution in [-0.4, -0.2) is 36.1 Å². The topological polar surface area (TPSA) is 90.6 Å². The highest BCUT2D eigenvalue weighted by molar-refractivity contribution is 6.09. The Hall–Kier alpha value is -4.05. The molecule has 0 unspecified atom stereocenters. The maximum absolute atomic E-state index is 12.7. The summed E-state index contributed by atoms with van der Waals surface area (Å²) in [6.07, 6.45) is 4.92. The first-order valence-electron chi connectivity index (χ1n) is 9.88. The van der Waals surface area contributed by atoms with Gasteiger partial charge >= 0.3 is 5.97 Å². The number of nitrogens with zero attached hydrogens (tertiary/aromatic N) is 2. The van der Waals surface area contributed by atoms with Crippen LogP contribution in [0.5, 0.6) is 11.5 Å². The second-order valence-electron chi connectivity index (χ2n) is 6.93. The molecular formula is C24H20N2O5. The molecule has 156 valence electrons. The summed E-state index contributed by atoms with van der Waals surface area (Å²) in [5, 5.41) is 9.62. The number of hydrogen-bond acceptors (Lipinski definition) is 6. The predicted molar refractivity (Wildman–Crippen MR) is 114 cm³/mol. The third-order valence-electron chi connectivity index (χ3n) is 4.88. The monoisotopic (exact) mass is 416 g/mol. The van der Waals surface area contributed by atoms with E-state index in [-0.39, 0.29) is 12.4 Å². The molecule has 0 saturated carbocycles. The van der Waals surface area contributed by atoms with Gasteiger partial charge in [0, 0.05) is 35.3 Å². The third kappa shape index (κ3) is 4.59. The maximum Gasteiger partial charge on any atom is 0.331 e. The average Bonchev–Trinajstić information content (AvgIpc) is 3.18. The van der Waals surface area contributed by atoms with E-state index in [0.29, 0.717) is 43.2 Å². The van der Waals surface area contributed by atoms with E-state index in [9.17, 15) is 9.59 Å². The molecule has 0 spiro atoms. The molecule has 0 radical (unpaired) electrons. The van der Waals surface area contributed by atoms with Crippen LogP contribution in [0.1, 0.15) is 22.3 Å². The van der Waals surface area contributed by atoms with Gasteiger partial charge in [-0.2, -0.15) is 5.26 Å². The van der Waals surface area contributed by atoms with E-state index < -0.39 is 5.97 Å². The summed E-state index contributed by atoms with van der Waals surface area (Å²) < 4.78 is 18.0. The minimum Gasteiger partial charge on any atom is -0.486 e. The molecular weight excluding hydrogens is 396 g/mol. The molecule has 4 rings (SSSR count). The molecule has 0 bridgehead atoms. The van der Waals surface area contributed by atoms with Crippen LogP contribution >= 0.6 is 0 Å². The summed E-state index contributed by atoms with van der Waals surface area (Å²) in [7, 11) is 0. The fraction of sp³-hybridized carbons (Fsp3) is 0.208. The minimum atomic E-state index is -0.614.